The highest BCUT2D eigenvalue weighted by atomic mass is 16.7. The summed E-state index contributed by atoms with van der Waals surface area (Å²) in [6.07, 6.45) is -13.4. The summed E-state index contributed by atoms with van der Waals surface area (Å²) in [7, 11) is 0. The second kappa shape index (κ2) is 12.7. The minimum Gasteiger partial charge on any atom is -0.508 e. The molecule has 2 aliphatic heterocycles. The Labute approximate surface area is 227 Å². The van der Waals surface area contributed by atoms with E-state index < -0.39 is 80.4 Å². The quantitative estimate of drug-likeness (QED) is 0.155. The molecule has 0 spiro atoms. The summed E-state index contributed by atoms with van der Waals surface area (Å²) in [6.45, 7) is -1.50. The molecule has 2 heterocycles. The first kappa shape index (κ1) is 30.0. The Balaban J connectivity index is 1.53. The Kier molecular flexibility index (Phi) is 9.48. The van der Waals surface area contributed by atoms with Gasteiger partial charge >= 0.3 is 0 Å². The number of phenols is 3. The zero-order valence-corrected chi connectivity index (χ0v) is 20.9. The molecule has 0 radical (unpaired) electrons. The van der Waals surface area contributed by atoms with Gasteiger partial charge in [-0.25, -0.2) is 0 Å². The van der Waals surface area contributed by atoms with E-state index in [1.165, 1.54) is 24.3 Å². The van der Waals surface area contributed by atoms with Gasteiger partial charge in [0, 0.05) is 11.6 Å². The molecule has 14 nitrogen and oxygen atoms in total. The van der Waals surface area contributed by atoms with Crippen molar-refractivity contribution in [2.45, 2.75) is 61.4 Å². The van der Waals surface area contributed by atoms with Gasteiger partial charge in [0.15, 0.2) is 17.8 Å². The van der Waals surface area contributed by atoms with Crippen LogP contribution in [0.2, 0.25) is 0 Å². The highest BCUT2D eigenvalue weighted by Gasteiger charge is 2.51. The smallest absolute Gasteiger partial charge is 0.229 e. The molecular formula is C26H32O14. The number of benzene rings is 2. The second-order valence-electron chi connectivity index (χ2n) is 9.43. The van der Waals surface area contributed by atoms with E-state index >= 15 is 0 Å². The molecule has 0 bridgehead atoms. The van der Waals surface area contributed by atoms with Gasteiger partial charge in [-0.1, -0.05) is 24.3 Å². The van der Waals surface area contributed by atoms with Gasteiger partial charge in [-0.3, -0.25) is 0 Å². The number of hydrogen-bond acceptors (Lipinski definition) is 14. The molecule has 0 unspecified atom stereocenters. The summed E-state index contributed by atoms with van der Waals surface area (Å²) >= 11 is 0. The highest BCUT2D eigenvalue weighted by molar-refractivity contribution is 5.75. The van der Waals surface area contributed by atoms with E-state index in [-0.39, 0.29) is 22.8 Å². The molecule has 0 aromatic heterocycles. The summed E-state index contributed by atoms with van der Waals surface area (Å²) in [5.74, 6) is -1.02. The van der Waals surface area contributed by atoms with Crippen molar-refractivity contribution < 1.29 is 70.0 Å². The third-order valence-electron chi connectivity index (χ3n) is 6.63. The first-order chi connectivity index (χ1) is 19.0. The summed E-state index contributed by atoms with van der Waals surface area (Å²) < 4.78 is 22.1. The average molecular weight is 569 g/mol. The van der Waals surface area contributed by atoms with Crippen LogP contribution in [-0.2, 0) is 14.2 Å². The number of aliphatic hydroxyl groups excluding tert-OH is 7. The van der Waals surface area contributed by atoms with Crippen molar-refractivity contribution in [1.82, 2.24) is 0 Å². The van der Waals surface area contributed by atoms with Crippen LogP contribution in [0.5, 0.6) is 23.0 Å². The number of aromatic hydroxyl groups is 3. The van der Waals surface area contributed by atoms with Crippen LogP contribution in [0.25, 0.3) is 12.2 Å². The monoisotopic (exact) mass is 568 g/mol. The van der Waals surface area contributed by atoms with Crippen LogP contribution in [0.1, 0.15) is 11.1 Å². The predicted octanol–water partition coefficient (Wildman–Crippen LogP) is -2.02. The van der Waals surface area contributed by atoms with Gasteiger partial charge < -0.3 is 70.0 Å². The number of aliphatic hydroxyl groups is 7. The standard InChI is InChI=1S/C26H32O14/c27-9-16-18(32)19(33)21(35)25(37-16)40-24-17(10-28)38-26(22(36)20(24)34)39-23-12(7-14(30)8-15(23)31)4-1-11-2-5-13(29)6-3-11/h1-8,16-22,24-36H,9-10H2/t16-,17-,18-,19+,20-,21-,22-,24-,25-,26+/m1/s1. The lowest BCUT2D eigenvalue weighted by Crippen LogP contribution is -2.65. The fourth-order valence-electron chi connectivity index (χ4n) is 4.41. The van der Waals surface area contributed by atoms with E-state index in [9.17, 15) is 51.1 Å². The van der Waals surface area contributed by atoms with E-state index in [1.807, 2.05) is 0 Å². The Morgan fingerprint density at radius 1 is 0.675 bits per heavy atom. The summed E-state index contributed by atoms with van der Waals surface area (Å²) in [5.41, 5.74) is 0.806. The van der Waals surface area contributed by atoms with E-state index in [4.69, 9.17) is 18.9 Å². The fourth-order valence-corrected chi connectivity index (χ4v) is 4.41. The Hall–Kier alpha value is -3.02. The third-order valence-corrected chi connectivity index (χ3v) is 6.63. The van der Waals surface area contributed by atoms with Crippen molar-refractivity contribution in [2.24, 2.45) is 0 Å². The number of phenolic OH excluding ortho intramolecular Hbond substituents is 3. The predicted molar refractivity (Wildman–Crippen MR) is 134 cm³/mol. The van der Waals surface area contributed by atoms with Crippen molar-refractivity contribution in [2.75, 3.05) is 13.2 Å². The first-order valence-electron chi connectivity index (χ1n) is 12.3. The van der Waals surface area contributed by atoms with Gasteiger partial charge in [0.05, 0.1) is 13.2 Å². The SMILES string of the molecule is OC[C@H]1O[C@H](O[C@H]2[C@H](O)[C@@H](O)[C@H](Oc3c(O)cc(O)cc3C=Cc3ccc(O)cc3)O[C@@H]2CO)[C@H](O)[C@@H](O)[C@@H]1O. The van der Waals surface area contributed by atoms with Gasteiger partial charge in [0.2, 0.25) is 6.29 Å². The van der Waals surface area contributed by atoms with Crippen LogP contribution >= 0.6 is 0 Å². The van der Waals surface area contributed by atoms with Crippen LogP contribution in [0, 0.1) is 0 Å². The molecule has 2 saturated heterocycles. The molecule has 2 aliphatic rings. The van der Waals surface area contributed by atoms with Gasteiger partial charge in [0.1, 0.15) is 60.3 Å². The maximum Gasteiger partial charge on any atom is 0.229 e. The van der Waals surface area contributed by atoms with Crippen LogP contribution in [-0.4, -0.2) is 126 Å². The van der Waals surface area contributed by atoms with Crippen molar-refractivity contribution in [3.63, 3.8) is 0 Å². The number of rotatable bonds is 8. The molecule has 0 saturated carbocycles. The summed E-state index contributed by atoms with van der Waals surface area (Å²) in [5, 5.41) is 101. The maximum absolute atomic E-state index is 10.8. The average Bonchev–Trinajstić information content (AvgIpc) is 2.93. The molecule has 14 heteroatoms. The largest absolute Gasteiger partial charge is 0.508 e. The fraction of sp³-hybridized carbons (Fsp3) is 0.462. The Bertz CT molecular complexity index is 1150. The molecule has 40 heavy (non-hydrogen) atoms. The van der Waals surface area contributed by atoms with Crippen molar-refractivity contribution >= 4 is 12.2 Å². The zero-order chi connectivity index (χ0) is 29.1. The minimum atomic E-state index is -1.85. The van der Waals surface area contributed by atoms with Crippen LogP contribution in [0.15, 0.2) is 36.4 Å². The molecule has 2 aromatic carbocycles. The normalized spacial score (nSPS) is 34.7. The summed E-state index contributed by atoms with van der Waals surface area (Å²) in [4.78, 5) is 0. The van der Waals surface area contributed by atoms with E-state index in [0.29, 0.717) is 5.56 Å². The zero-order valence-electron chi connectivity index (χ0n) is 20.9. The number of ether oxygens (including phenoxy) is 4. The van der Waals surface area contributed by atoms with Gasteiger partial charge in [0.25, 0.3) is 0 Å². The van der Waals surface area contributed by atoms with E-state index in [2.05, 4.69) is 0 Å². The molecule has 4 rings (SSSR count). The molecule has 220 valence electrons. The molecule has 2 fully saturated rings. The summed E-state index contributed by atoms with van der Waals surface area (Å²) in [6, 6.07) is 8.38. The van der Waals surface area contributed by atoms with E-state index in [0.717, 1.165) is 6.07 Å². The van der Waals surface area contributed by atoms with E-state index in [1.54, 1.807) is 18.2 Å². The lowest BCUT2D eigenvalue weighted by molar-refractivity contribution is -0.352. The molecule has 0 amide bonds. The van der Waals surface area contributed by atoms with Crippen molar-refractivity contribution in [3.8, 4) is 23.0 Å². The molecule has 0 aliphatic carbocycles. The molecule has 2 aromatic rings. The minimum absolute atomic E-state index is 0.0606. The third kappa shape index (κ3) is 6.31. The molecular weight excluding hydrogens is 536 g/mol. The van der Waals surface area contributed by atoms with Crippen LogP contribution in [0.3, 0.4) is 0 Å². The maximum atomic E-state index is 10.8. The lowest BCUT2D eigenvalue weighted by atomic mass is 9.97. The van der Waals surface area contributed by atoms with Gasteiger partial charge in [-0.05, 0) is 23.8 Å². The Morgan fingerprint density at radius 2 is 1.30 bits per heavy atom. The highest BCUT2D eigenvalue weighted by Crippen LogP contribution is 2.38. The topological polar surface area (TPSA) is 239 Å². The molecule has 10 N–H and O–H groups in total. The van der Waals surface area contributed by atoms with Crippen molar-refractivity contribution in [1.29, 1.82) is 0 Å². The lowest BCUT2D eigenvalue weighted by Gasteiger charge is -2.45. The van der Waals surface area contributed by atoms with Crippen LogP contribution < -0.4 is 4.74 Å². The molecule has 10 atom stereocenters. The Morgan fingerprint density at radius 3 is 1.95 bits per heavy atom. The van der Waals surface area contributed by atoms with Crippen LogP contribution in [0.4, 0.5) is 0 Å². The number of hydrogen-bond donors (Lipinski definition) is 10. The van der Waals surface area contributed by atoms with Crippen molar-refractivity contribution in [3.05, 3.63) is 47.5 Å². The van der Waals surface area contributed by atoms with Gasteiger partial charge in [-0.15, -0.1) is 0 Å². The first-order valence-corrected chi connectivity index (χ1v) is 12.3. The second-order valence-corrected chi connectivity index (χ2v) is 9.43. The van der Waals surface area contributed by atoms with Gasteiger partial charge in [-0.2, -0.15) is 0 Å².